The van der Waals surface area contributed by atoms with E-state index in [0.717, 1.165) is 6.42 Å². The SMILES string of the molecule is Fc1ccc(OCCc2ccccc2)cn1. The first kappa shape index (κ1) is 10.6. The summed E-state index contributed by atoms with van der Waals surface area (Å²) in [5, 5.41) is 0. The smallest absolute Gasteiger partial charge is 0.213 e. The molecule has 3 heteroatoms. The summed E-state index contributed by atoms with van der Waals surface area (Å²) in [6.45, 7) is 0.567. The normalized spacial score (nSPS) is 10.1. The fraction of sp³-hybridized carbons (Fsp3) is 0.154. The van der Waals surface area contributed by atoms with E-state index in [1.165, 1.54) is 17.8 Å². The standard InChI is InChI=1S/C13H12FNO/c14-13-7-6-12(10-15-13)16-9-8-11-4-2-1-3-5-11/h1-7,10H,8-9H2. The lowest BCUT2D eigenvalue weighted by Gasteiger charge is -2.05. The summed E-state index contributed by atoms with van der Waals surface area (Å²) in [7, 11) is 0. The summed E-state index contributed by atoms with van der Waals surface area (Å²) < 4.78 is 17.9. The van der Waals surface area contributed by atoms with Gasteiger partial charge in [-0.1, -0.05) is 30.3 Å². The minimum atomic E-state index is -0.490. The molecule has 16 heavy (non-hydrogen) atoms. The van der Waals surface area contributed by atoms with Gasteiger partial charge in [0.2, 0.25) is 5.95 Å². The van der Waals surface area contributed by atoms with Gasteiger partial charge in [-0.25, -0.2) is 4.98 Å². The first-order valence-corrected chi connectivity index (χ1v) is 5.13. The van der Waals surface area contributed by atoms with E-state index in [1.54, 1.807) is 6.07 Å². The van der Waals surface area contributed by atoms with E-state index < -0.39 is 5.95 Å². The quantitative estimate of drug-likeness (QED) is 0.735. The van der Waals surface area contributed by atoms with Crippen LogP contribution in [0.4, 0.5) is 4.39 Å². The molecule has 0 aliphatic carbocycles. The monoisotopic (exact) mass is 217 g/mol. The lowest BCUT2D eigenvalue weighted by atomic mass is 10.2. The zero-order valence-electron chi connectivity index (χ0n) is 8.77. The van der Waals surface area contributed by atoms with Crippen molar-refractivity contribution in [3.05, 3.63) is 60.2 Å². The first-order chi connectivity index (χ1) is 7.84. The Morgan fingerprint density at radius 3 is 2.56 bits per heavy atom. The topological polar surface area (TPSA) is 22.1 Å². The van der Waals surface area contributed by atoms with Gasteiger partial charge in [-0.05, 0) is 17.7 Å². The van der Waals surface area contributed by atoms with Gasteiger partial charge in [-0.15, -0.1) is 0 Å². The van der Waals surface area contributed by atoms with E-state index in [1.807, 2.05) is 30.3 Å². The molecule has 2 rings (SSSR count). The van der Waals surface area contributed by atoms with Crippen molar-refractivity contribution in [2.24, 2.45) is 0 Å². The number of hydrogen-bond acceptors (Lipinski definition) is 2. The van der Waals surface area contributed by atoms with Crippen molar-refractivity contribution >= 4 is 0 Å². The van der Waals surface area contributed by atoms with Crippen molar-refractivity contribution in [3.63, 3.8) is 0 Å². The Balaban J connectivity index is 1.82. The second-order valence-electron chi connectivity index (χ2n) is 3.40. The molecule has 0 atom stereocenters. The maximum Gasteiger partial charge on any atom is 0.213 e. The van der Waals surface area contributed by atoms with Gasteiger partial charge >= 0.3 is 0 Å². The first-order valence-electron chi connectivity index (χ1n) is 5.13. The Labute approximate surface area is 93.7 Å². The van der Waals surface area contributed by atoms with E-state index >= 15 is 0 Å². The Bertz CT molecular complexity index is 427. The lowest BCUT2D eigenvalue weighted by Crippen LogP contribution is -2.01. The summed E-state index contributed by atoms with van der Waals surface area (Å²) in [5.74, 6) is 0.104. The number of ether oxygens (including phenoxy) is 1. The van der Waals surface area contributed by atoms with Crippen molar-refractivity contribution in [1.82, 2.24) is 4.98 Å². The van der Waals surface area contributed by atoms with Crippen LogP contribution in [0.15, 0.2) is 48.7 Å². The fourth-order valence-electron chi connectivity index (χ4n) is 1.38. The third-order valence-electron chi connectivity index (χ3n) is 2.20. The van der Waals surface area contributed by atoms with E-state index in [9.17, 15) is 4.39 Å². The minimum absolute atomic E-state index is 0.490. The van der Waals surface area contributed by atoms with Crippen LogP contribution in [-0.4, -0.2) is 11.6 Å². The van der Waals surface area contributed by atoms with Gasteiger partial charge in [0.05, 0.1) is 12.8 Å². The third kappa shape index (κ3) is 3.05. The van der Waals surface area contributed by atoms with E-state index in [4.69, 9.17) is 4.74 Å². The molecular formula is C13H12FNO. The van der Waals surface area contributed by atoms with Crippen LogP contribution < -0.4 is 4.74 Å². The minimum Gasteiger partial charge on any atom is -0.492 e. The molecule has 0 radical (unpaired) electrons. The maximum absolute atomic E-state index is 12.5. The Morgan fingerprint density at radius 1 is 1.06 bits per heavy atom. The summed E-state index contributed by atoms with van der Waals surface area (Å²) >= 11 is 0. The highest BCUT2D eigenvalue weighted by Crippen LogP contribution is 2.09. The average Bonchev–Trinajstić information content (AvgIpc) is 2.33. The zero-order valence-corrected chi connectivity index (χ0v) is 8.77. The van der Waals surface area contributed by atoms with Crippen molar-refractivity contribution in [2.45, 2.75) is 6.42 Å². The molecule has 1 heterocycles. The van der Waals surface area contributed by atoms with Crippen molar-refractivity contribution < 1.29 is 9.13 Å². The van der Waals surface area contributed by atoms with Gasteiger partial charge in [-0.2, -0.15) is 4.39 Å². The zero-order chi connectivity index (χ0) is 11.2. The Morgan fingerprint density at radius 2 is 1.88 bits per heavy atom. The van der Waals surface area contributed by atoms with Gasteiger partial charge in [-0.3, -0.25) is 0 Å². The van der Waals surface area contributed by atoms with Gasteiger partial charge in [0, 0.05) is 6.42 Å². The molecule has 0 spiro atoms. The predicted octanol–water partition coefficient (Wildman–Crippen LogP) is 2.84. The number of nitrogens with zero attached hydrogens (tertiary/aromatic N) is 1. The molecular weight excluding hydrogens is 205 g/mol. The summed E-state index contributed by atoms with van der Waals surface area (Å²) in [6.07, 6.45) is 2.22. The molecule has 0 unspecified atom stereocenters. The molecule has 0 saturated carbocycles. The molecule has 0 fully saturated rings. The van der Waals surface area contributed by atoms with Crippen LogP contribution in [0, 0.1) is 5.95 Å². The summed E-state index contributed by atoms with van der Waals surface area (Å²) in [6, 6.07) is 12.9. The fourth-order valence-corrected chi connectivity index (χ4v) is 1.38. The number of benzene rings is 1. The van der Waals surface area contributed by atoms with Crippen LogP contribution in [0.2, 0.25) is 0 Å². The second kappa shape index (κ2) is 5.26. The summed E-state index contributed by atoms with van der Waals surface area (Å²) in [5.41, 5.74) is 1.22. The van der Waals surface area contributed by atoms with Crippen LogP contribution in [0.5, 0.6) is 5.75 Å². The molecule has 1 aromatic heterocycles. The highest BCUT2D eigenvalue weighted by Gasteiger charge is 1.96. The Hall–Kier alpha value is -1.90. The van der Waals surface area contributed by atoms with Crippen molar-refractivity contribution in [3.8, 4) is 5.75 Å². The van der Waals surface area contributed by atoms with E-state index in [2.05, 4.69) is 4.98 Å². The average molecular weight is 217 g/mol. The third-order valence-corrected chi connectivity index (χ3v) is 2.20. The number of hydrogen-bond donors (Lipinski definition) is 0. The highest BCUT2D eigenvalue weighted by atomic mass is 19.1. The van der Waals surface area contributed by atoms with Gasteiger partial charge < -0.3 is 4.74 Å². The summed E-state index contributed by atoms with van der Waals surface area (Å²) in [4.78, 5) is 3.51. The van der Waals surface area contributed by atoms with Crippen LogP contribution in [0.3, 0.4) is 0 Å². The van der Waals surface area contributed by atoms with Crippen LogP contribution in [0.25, 0.3) is 0 Å². The molecule has 0 bridgehead atoms. The maximum atomic E-state index is 12.5. The molecule has 2 aromatic rings. The van der Waals surface area contributed by atoms with Crippen molar-refractivity contribution in [2.75, 3.05) is 6.61 Å². The molecule has 82 valence electrons. The molecule has 0 aliphatic heterocycles. The number of pyridine rings is 1. The molecule has 0 saturated heterocycles. The van der Waals surface area contributed by atoms with Gasteiger partial charge in [0.25, 0.3) is 0 Å². The number of halogens is 1. The van der Waals surface area contributed by atoms with Gasteiger partial charge in [0.1, 0.15) is 5.75 Å². The number of aromatic nitrogens is 1. The molecule has 1 aromatic carbocycles. The highest BCUT2D eigenvalue weighted by molar-refractivity contribution is 5.17. The van der Waals surface area contributed by atoms with Crippen LogP contribution >= 0.6 is 0 Å². The predicted molar refractivity (Wildman–Crippen MR) is 59.8 cm³/mol. The van der Waals surface area contributed by atoms with Crippen LogP contribution in [0.1, 0.15) is 5.56 Å². The lowest BCUT2D eigenvalue weighted by molar-refractivity contribution is 0.319. The molecule has 2 nitrogen and oxygen atoms in total. The van der Waals surface area contributed by atoms with Crippen LogP contribution in [-0.2, 0) is 6.42 Å². The molecule has 0 amide bonds. The van der Waals surface area contributed by atoms with E-state index in [-0.39, 0.29) is 0 Å². The molecule has 0 aliphatic rings. The molecule has 0 N–H and O–H groups in total. The Kier molecular flexibility index (Phi) is 3.49. The van der Waals surface area contributed by atoms with Gasteiger partial charge in [0.15, 0.2) is 0 Å². The van der Waals surface area contributed by atoms with E-state index in [0.29, 0.717) is 12.4 Å². The van der Waals surface area contributed by atoms with Crippen molar-refractivity contribution in [1.29, 1.82) is 0 Å². The second-order valence-corrected chi connectivity index (χ2v) is 3.40. The number of rotatable bonds is 4. The largest absolute Gasteiger partial charge is 0.492 e.